The zero-order valence-corrected chi connectivity index (χ0v) is 10.5. The summed E-state index contributed by atoms with van der Waals surface area (Å²) in [4.78, 5) is 17.8. The highest BCUT2D eigenvalue weighted by Crippen LogP contribution is 2.54. The lowest BCUT2D eigenvalue weighted by Gasteiger charge is -2.31. The van der Waals surface area contributed by atoms with Crippen LogP contribution in [0.1, 0.15) is 35.4 Å². The van der Waals surface area contributed by atoms with E-state index in [4.69, 9.17) is 11.6 Å². The number of anilines is 1. The summed E-state index contributed by atoms with van der Waals surface area (Å²) in [5, 5.41) is 1.25. The number of rotatable bonds is 2. The molecule has 0 N–H and O–H groups in total. The first-order valence-electron chi connectivity index (χ1n) is 5.59. The van der Waals surface area contributed by atoms with Crippen LogP contribution in [0.15, 0.2) is 0 Å². The van der Waals surface area contributed by atoms with Gasteiger partial charge in [-0.2, -0.15) is 0 Å². The Morgan fingerprint density at radius 2 is 2.00 bits per heavy atom. The van der Waals surface area contributed by atoms with Gasteiger partial charge in [0.25, 0.3) is 0 Å². The summed E-state index contributed by atoms with van der Waals surface area (Å²) in [7, 11) is 0. The van der Waals surface area contributed by atoms with Gasteiger partial charge in [0.05, 0.1) is 0 Å². The van der Waals surface area contributed by atoms with Crippen LogP contribution in [-0.2, 0) is 0 Å². The van der Waals surface area contributed by atoms with Crippen molar-refractivity contribution in [2.24, 2.45) is 5.41 Å². The van der Waals surface area contributed by atoms with E-state index in [2.05, 4.69) is 9.88 Å². The van der Waals surface area contributed by atoms with Crippen LogP contribution in [0.4, 0.5) is 5.13 Å². The van der Waals surface area contributed by atoms with E-state index >= 15 is 0 Å². The predicted molar refractivity (Wildman–Crippen MR) is 65.6 cm³/mol. The van der Waals surface area contributed by atoms with Crippen LogP contribution in [0.2, 0.25) is 5.15 Å². The van der Waals surface area contributed by atoms with Crippen LogP contribution in [0.5, 0.6) is 0 Å². The van der Waals surface area contributed by atoms with E-state index in [0.29, 0.717) is 15.4 Å². The summed E-state index contributed by atoms with van der Waals surface area (Å²) in [6.07, 6.45) is 6.12. The van der Waals surface area contributed by atoms with E-state index in [1.807, 2.05) is 0 Å². The van der Waals surface area contributed by atoms with Crippen molar-refractivity contribution in [3.05, 3.63) is 10.0 Å². The molecule has 2 heterocycles. The lowest BCUT2D eigenvalue weighted by Crippen LogP contribution is -2.34. The van der Waals surface area contributed by atoms with Gasteiger partial charge in [0.1, 0.15) is 4.88 Å². The first kappa shape index (κ1) is 10.5. The van der Waals surface area contributed by atoms with E-state index in [9.17, 15) is 4.79 Å². The number of thiazole rings is 1. The van der Waals surface area contributed by atoms with Crippen molar-refractivity contribution >= 4 is 34.4 Å². The molecule has 5 heteroatoms. The molecule has 0 atom stereocenters. The average molecular weight is 257 g/mol. The quantitative estimate of drug-likeness (QED) is 0.763. The zero-order valence-electron chi connectivity index (χ0n) is 8.91. The average Bonchev–Trinajstić information content (AvgIpc) is 2.93. The monoisotopic (exact) mass is 256 g/mol. The molecule has 86 valence electrons. The molecular formula is C11H13ClN2OS. The number of carbonyl (C=O) groups is 1. The Hall–Kier alpha value is -0.610. The molecule has 2 aliphatic rings. The molecule has 1 saturated carbocycles. The third-order valence-corrected chi connectivity index (χ3v) is 5.20. The van der Waals surface area contributed by atoms with E-state index in [1.165, 1.54) is 37.0 Å². The van der Waals surface area contributed by atoms with E-state index < -0.39 is 0 Å². The van der Waals surface area contributed by atoms with Gasteiger partial charge in [-0.05, 0) is 31.1 Å². The van der Waals surface area contributed by atoms with Crippen molar-refractivity contribution in [3.63, 3.8) is 0 Å². The maximum Gasteiger partial charge on any atom is 0.187 e. The lowest BCUT2D eigenvalue weighted by molar-refractivity contribution is 0.112. The zero-order chi connectivity index (χ0) is 11.2. The summed E-state index contributed by atoms with van der Waals surface area (Å²) in [6.45, 7) is 2.12. The first-order chi connectivity index (χ1) is 7.72. The van der Waals surface area contributed by atoms with E-state index in [0.717, 1.165) is 24.5 Å². The smallest absolute Gasteiger partial charge is 0.187 e. The number of nitrogens with zero attached hydrogens (tertiary/aromatic N) is 2. The number of aldehydes is 1. The largest absolute Gasteiger partial charge is 0.348 e. The molecule has 1 spiro atoms. The van der Waals surface area contributed by atoms with Crippen molar-refractivity contribution in [1.29, 1.82) is 0 Å². The molecule has 0 bridgehead atoms. The molecule has 0 unspecified atom stereocenters. The third-order valence-electron chi connectivity index (χ3n) is 3.76. The highest BCUT2D eigenvalue weighted by atomic mass is 35.5. The predicted octanol–water partition coefficient (Wildman–Crippen LogP) is 2.99. The second-order valence-electron chi connectivity index (χ2n) is 4.76. The van der Waals surface area contributed by atoms with Crippen LogP contribution < -0.4 is 4.90 Å². The Kier molecular flexibility index (Phi) is 2.44. The molecular weight excluding hydrogens is 244 g/mol. The molecule has 3 nitrogen and oxygen atoms in total. The van der Waals surface area contributed by atoms with Crippen molar-refractivity contribution in [2.75, 3.05) is 18.0 Å². The van der Waals surface area contributed by atoms with Gasteiger partial charge in [-0.3, -0.25) is 4.79 Å². The highest BCUT2D eigenvalue weighted by molar-refractivity contribution is 7.17. The summed E-state index contributed by atoms with van der Waals surface area (Å²) < 4.78 is 0. The van der Waals surface area contributed by atoms with Crippen LogP contribution in [0, 0.1) is 5.41 Å². The third kappa shape index (κ3) is 1.74. The Labute approximate surface area is 103 Å². The normalized spacial score (nSPS) is 22.4. The van der Waals surface area contributed by atoms with Crippen molar-refractivity contribution in [3.8, 4) is 0 Å². The Balaban J connectivity index is 1.74. The minimum absolute atomic E-state index is 0.349. The van der Waals surface area contributed by atoms with Crippen LogP contribution in [-0.4, -0.2) is 24.4 Å². The molecule has 16 heavy (non-hydrogen) atoms. The summed E-state index contributed by atoms with van der Waals surface area (Å²) in [5.41, 5.74) is 0.672. The fraction of sp³-hybridized carbons (Fsp3) is 0.636. The van der Waals surface area contributed by atoms with Crippen LogP contribution in [0.3, 0.4) is 0 Å². The molecule has 0 aromatic carbocycles. The molecule has 3 rings (SSSR count). The van der Waals surface area contributed by atoms with Gasteiger partial charge in [-0.25, -0.2) is 4.98 Å². The molecule has 1 aliphatic carbocycles. The van der Waals surface area contributed by atoms with E-state index in [1.54, 1.807) is 0 Å². The number of hydrogen-bond donors (Lipinski definition) is 0. The Morgan fingerprint density at radius 1 is 1.31 bits per heavy atom. The standard InChI is InChI=1S/C11H13ClN2OS/c12-9-8(7-15)16-10(13-9)14-5-3-11(1-2-11)4-6-14/h7H,1-6H2. The number of halogens is 1. The number of hydrogen-bond acceptors (Lipinski definition) is 4. The second-order valence-corrected chi connectivity index (χ2v) is 6.12. The van der Waals surface area contributed by atoms with Crippen LogP contribution in [0.25, 0.3) is 0 Å². The van der Waals surface area contributed by atoms with Gasteiger partial charge >= 0.3 is 0 Å². The summed E-state index contributed by atoms with van der Waals surface area (Å²) >= 11 is 7.28. The van der Waals surface area contributed by atoms with Crippen molar-refractivity contribution < 1.29 is 4.79 Å². The van der Waals surface area contributed by atoms with Crippen molar-refractivity contribution in [1.82, 2.24) is 4.98 Å². The Morgan fingerprint density at radius 3 is 2.50 bits per heavy atom. The maximum absolute atomic E-state index is 10.7. The topological polar surface area (TPSA) is 33.2 Å². The maximum atomic E-state index is 10.7. The van der Waals surface area contributed by atoms with Gasteiger partial charge in [0.2, 0.25) is 0 Å². The molecule has 0 radical (unpaired) electrons. The van der Waals surface area contributed by atoms with Gasteiger partial charge in [-0.15, -0.1) is 0 Å². The molecule has 1 saturated heterocycles. The van der Waals surface area contributed by atoms with Gasteiger partial charge in [-0.1, -0.05) is 22.9 Å². The fourth-order valence-corrected chi connectivity index (χ4v) is 3.47. The van der Waals surface area contributed by atoms with E-state index in [-0.39, 0.29) is 0 Å². The number of piperidine rings is 1. The molecule has 0 amide bonds. The SMILES string of the molecule is O=Cc1sc(N2CCC3(CC2)CC3)nc1Cl. The Bertz CT molecular complexity index is 418. The lowest BCUT2D eigenvalue weighted by atomic mass is 9.94. The number of carbonyl (C=O) groups excluding carboxylic acids is 1. The second kappa shape index (κ2) is 3.70. The van der Waals surface area contributed by atoms with Gasteiger partial charge < -0.3 is 4.90 Å². The fourth-order valence-electron chi connectivity index (χ4n) is 2.36. The molecule has 1 aliphatic heterocycles. The highest BCUT2D eigenvalue weighted by Gasteiger charge is 2.44. The molecule has 1 aromatic rings. The van der Waals surface area contributed by atoms with Gasteiger partial charge in [0, 0.05) is 13.1 Å². The first-order valence-corrected chi connectivity index (χ1v) is 6.78. The van der Waals surface area contributed by atoms with Gasteiger partial charge in [0.15, 0.2) is 16.6 Å². The summed E-state index contributed by atoms with van der Waals surface area (Å²) in [5.74, 6) is 0. The summed E-state index contributed by atoms with van der Waals surface area (Å²) in [6, 6.07) is 0. The minimum atomic E-state index is 0.349. The van der Waals surface area contributed by atoms with Crippen molar-refractivity contribution in [2.45, 2.75) is 25.7 Å². The minimum Gasteiger partial charge on any atom is -0.348 e. The number of aromatic nitrogens is 1. The molecule has 2 fully saturated rings. The van der Waals surface area contributed by atoms with Crippen LogP contribution >= 0.6 is 22.9 Å². The molecule has 1 aromatic heterocycles.